The first-order chi connectivity index (χ1) is 9.90. The maximum absolute atomic E-state index is 4.79. The normalized spacial score (nSPS) is 23.1. The summed E-state index contributed by atoms with van der Waals surface area (Å²) in [6, 6.07) is 9.02. The molecule has 2 aromatic rings. The monoisotopic (exact) mass is 270 g/mol. The summed E-state index contributed by atoms with van der Waals surface area (Å²) in [6.07, 6.45) is 5.29. The molecule has 4 nitrogen and oxygen atoms in total. The van der Waals surface area contributed by atoms with Gasteiger partial charge in [-0.3, -0.25) is 0 Å². The van der Waals surface area contributed by atoms with Crippen molar-refractivity contribution in [1.82, 2.24) is 15.3 Å². The van der Waals surface area contributed by atoms with Gasteiger partial charge in [0.25, 0.3) is 0 Å². The van der Waals surface area contributed by atoms with E-state index in [1.807, 2.05) is 0 Å². The van der Waals surface area contributed by atoms with Crippen molar-refractivity contribution < 1.29 is 0 Å². The maximum Gasteiger partial charge on any atom is 0.204 e. The van der Waals surface area contributed by atoms with E-state index in [1.54, 1.807) is 0 Å². The Labute approximate surface area is 119 Å². The van der Waals surface area contributed by atoms with Crippen molar-refractivity contribution in [2.75, 3.05) is 24.5 Å². The van der Waals surface area contributed by atoms with Crippen molar-refractivity contribution in [3.05, 3.63) is 24.3 Å². The number of piperidine rings is 1. The van der Waals surface area contributed by atoms with Gasteiger partial charge in [0.2, 0.25) is 5.95 Å². The van der Waals surface area contributed by atoms with Gasteiger partial charge in [0.05, 0.1) is 11.0 Å². The summed E-state index contributed by atoms with van der Waals surface area (Å²) in [7, 11) is 0. The molecule has 1 aromatic heterocycles. The largest absolute Gasteiger partial charge is 0.339 e. The zero-order valence-electron chi connectivity index (χ0n) is 11.8. The van der Waals surface area contributed by atoms with E-state index in [0.29, 0.717) is 6.04 Å². The Balaban J connectivity index is 1.58. The Morgan fingerprint density at radius 3 is 2.85 bits per heavy atom. The lowest BCUT2D eigenvalue weighted by Crippen LogP contribution is -2.39. The van der Waals surface area contributed by atoms with Crippen LogP contribution in [0.2, 0.25) is 0 Å². The summed E-state index contributed by atoms with van der Waals surface area (Å²) in [5.41, 5.74) is 2.23. The molecule has 0 amide bonds. The van der Waals surface area contributed by atoms with E-state index in [-0.39, 0.29) is 0 Å². The number of aromatic amines is 1. The number of nitrogens with one attached hydrogen (secondary N) is 2. The molecular formula is C16H22N4. The van der Waals surface area contributed by atoms with E-state index in [9.17, 15) is 0 Å². The fraction of sp³-hybridized carbons (Fsp3) is 0.562. The summed E-state index contributed by atoms with van der Waals surface area (Å²) in [6.45, 7) is 3.48. The lowest BCUT2D eigenvalue weighted by molar-refractivity contribution is 0.375. The van der Waals surface area contributed by atoms with Crippen LogP contribution in [0.1, 0.15) is 25.7 Å². The van der Waals surface area contributed by atoms with Crippen LogP contribution in [0.25, 0.3) is 11.0 Å². The topological polar surface area (TPSA) is 44.0 Å². The zero-order valence-corrected chi connectivity index (χ0v) is 11.8. The molecule has 2 N–H and O–H groups in total. The fourth-order valence-electron chi connectivity index (χ4n) is 3.23. The number of hydrogen-bond donors (Lipinski definition) is 2. The van der Waals surface area contributed by atoms with Crippen molar-refractivity contribution in [2.24, 2.45) is 5.92 Å². The molecule has 2 fully saturated rings. The molecule has 0 bridgehead atoms. The number of H-pyrrole nitrogens is 1. The Morgan fingerprint density at radius 2 is 2.10 bits per heavy atom. The summed E-state index contributed by atoms with van der Waals surface area (Å²) in [5, 5.41) is 3.52. The fourth-order valence-corrected chi connectivity index (χ4v) is 3.23. The Bertz CT molecular complexity index is 548. The average Bonchev–Trinajstić information content (AvgIpc) is 3.24. The van der Waals surface area contributed by atoms with Crippen LogP contribution in [0, 0.1) is 5.92 Å². The van der Waals surface area contributed by atoms with Crippen molar-refractivity contribution in [3.63, 3.8) is 0 Å². The Morgan fingerprint density at radius 1 is 1.20 bits per heavy atom. The van der Waals surface area contributed by atoms with Crippen LogP contribution in [0.4, 0.5) is 5.95 Å². The minimum Gasteiger partial charge on any atom is -0.339 e. The van der Waals surface area contributed by atoms with Crippen LogP contribution in [-0.4, -0.2) is 35.6 Å². The van der Waals surface area contributed by atoms with Gasteiger partial charge >= 0.3 is 0 Å². The first kappa shape index (κ1) is 12.2. The summed E-state index contributed by atoms with van der Waals surface area (Å²) < 4.78 is 0. The number of benzene rings is 1. The molecule has 1 aromatic carbocycles. The van der Waals surface area contributed by atoms with Crippen LogP contribution < -0.4 is 10.2 Å². The van der Waals surface area contributed by atoms with E-state index in [1.165, 1.54) is 32.2 Å². The minimum atomic E-state index is 0.706. The van der Waals surface area contributed by atoms with Crippen LogP contribution in [0.3, 0.4) is 0 Å². The van der Waals surface area contributed by atoms with E-state index >= 15 is 0 Å². The van der Waals surface area contributed by atoms with Crippen LogP contribution >= 0.6 is 0 Å². The molecule has 1 aliphatic carbocycles. The predicted octanol–water partition coefficient (Wildman–Crippen LogP) is 2.53. The van der Waals surface area contributed by atoms with Crippen molar-refractivity contribution >= 4 is 17.0 Å². The first-order valence-corrected chi connectivity index (χ1v) is 7.82. The first-order valence-electron chi connectivity index (χ1n) is 7.82. The molecular weight excluding hydrogens is 248 g/mol. The van der Waals surface area contributed by atoms with Crippen LogP contribution in [-0.2, 0) is 0 Å². The second kappa shape index (κ2) is 5.09. The Hall–Kier alpha value is -1.55. The van der Waals surface area contributed by atoms with Gasteiger partial charge < -0.3 is 15.2 Å². The molecule has 1 unspecified atom stereocenters. The molecule has 4 heteroatoms. The molecule has 1 atom stereocenters. The number of aromatic nitrogens is 2. The van der Waals surface area contributed by atoms with Gasteiger partial charge in [0.1, 0.15) is 0 Å². The van der Waals surface area contributed by atoms with Crippen molar-refractivity contribution in [3.8, 4) is 0 Å². The molecule has 1 aliphatic heterocycles. The third-order valence-electron chi connectivity index (χ3n) is 4.49. The smallest absolute Gasteiger partial charge is 0.204 e. The third-order valence-corrected chi connectivity index (χ3v) is 4.49. The third kappa shape index (κ3) is 2.40. The lowest BCUT2D eigenvalue weighted by atomic mass is 9.99. The van der Waals surface area contributed by atoms with Gasteiger partial charge in [-0.15, -0.1) is 0 Å². The number of hydrogen-bond acceptors (Lipinski definition) is 3. The van der Waals surface area contributed by atoms with Gasteiger partial charge in [-0.1, -0.05) is 12.1 Å². The van der Waals surface area contributed by atoms with Gasteiger partial charge in [0.15, 0.2) is 0 Å². The zero-order chi connectivity index (χ0) is 13.4. The highest BCUT2D eigenvalue weighted by Crippen LogP contribution is 2.32. The highest BCUT2D eigenvalue weighted by molar-refractivity contribution is 5.77. The van der Waals surface area contributed by atoms with Crippen LogP contribution in [0.15, 0.2) is 24.3 Å². The van der Waals surface area contributed by atoms with Gasteiger partial charge in [-0.25, -0.2) is 4.98 Å². The highest BCUT2D eigenvalue weighted by atomic mass is 15.3. The molecule has 20 heavy (non-hydrogen) atoms. The second-order valence-electron chi connectivity index (χ2n) is 6.17. The van der Waals surface area contributed by atoms with E-state index in [2.05, 4.69) is 39.5 Å². The van der Waals surface area contributed by atoms with E-state index in [4.69, 9.17) is 4.98 Å². The lowest BCUT2D eigenvalue weighted by Gasteiger charge is -2.30. The average molecular weight is 270 g/mol. The van der Waals surface area contributed by atoms with E-state index < -0.39 is 0 Å². The number of rotatable bonds is 4. The molecule has 0 spiro atoms. The second-order valence-corrected chi connectivity index (χ2v) is 6.17. The van der Waals surface area contributed by atoms with Crippen molar-refractivity contribution in [2.45, 2.75) is 31.7 Å². The molecule has 2 aliphatic rings. The summed E-state index contributed by atoms with van der Waals surface area (Å²) in [5.74, 6) is 1.83. The molecule has 0 radical (unpaired) electrons. The minimum absolute atomic E-state index is 0.706. The molecule has 106 valence electrons. The molecule has 2 heterocycles. The summed E-state index contributed by atoms with van der Waals surface area (Å²) >= 11 is 0. The number of anilines is 1. The predicted molar refractivity (Wildman–Crippen MR) is 82.1 cm³/mol. The maximum atomic E-state index is 4.79. The van der Waals surface area contributed by atoms with Gasteiger partial charge in [-0.05, 0) is 56.8 Å². The van der Waals surface area contributed by atoms with E-state index in [0.717, 1.165) is 36.0 Å². The van der Waals surface area contributed by atoms with Gasteiger partial charge in [0, 0.05) is 12.6 Å². The number of fused-ring (bicyclic) bond motifs is 1. The quantitative estimate of drug-likeness (QED) is 0.897. The number of imidazole rings is 1. The van der Waals surface area contributed by atoms with Crippen LogP contribution in [0.5, 0.6) is 0 Å². The molecule has 1 saturated carbocycles. The number of para-hydroxylation sites is 2. The number of nitrogens with zero attached hydrogens (tertiary/aromatic N) is 2. The SMILES string of the molecule is c1ccc2[nH]c(N(CC3CCCNC3)C3CC3)nc2c1. The highest BCUT2D eigenvalue weighted by Gasteiger charge is 2.32. The summed E-state index contributed by atoms with van der Waals surface area (Å²) in [4.78, 5) is 10.8. The molecule has 1 saturated heterocycles. The standard InChI is InChI=1S/C16H22N4/c1-2-6-15-14(5-1)18-16(19-15)20(13-7-8-13)11-12-4-3-9-17-10-12/h1-2,5-6,12-13,17H,3-4,7-11H2,(H,18,19). The van der Waals surface area contributed by atoms with Crippen molar-refractivity contribution in [1.29, 1.82) is 0 Å². The Kier molecular flexibility index (Phi) is 3.11. The molecule has 4 rings (SSSR count). The van der Waals surface area contributed by atoms with Gasteiger partial charge in [-0.2, -0.15) is 0 Å².